The summed E-state index contributed by atoms with van der Waals surface area (Å²) < 4.78 is 5.33. The van der Waals surface area contributed by atoms with Crippen molar-refractivity contribution in [3.8, 4) is 5.75 Å². The van der Waals surface area contributed by atoms with Crippen molar-refractivity contribution in [1.29, 1.82) is 0 Å². The Morgan fingerprint density at radius 3 is 2.88 bits per heavy atom. The molecule has 2 heterocycles. The normalized spacial score (nSPS) is 20.2. The van der Waals surface area contributed by atoms with Crippen LogP contribution in [-0.2, 0) is 4.79 Å². The van der Waals surface area contributed by atoms with Crippen LogP contribution in [0, 0.1) is 12.3 Å². The zero-order valence-electron chi connectivity index (χ0n) is 15.0. The number of para-hydroxylation sites is 2. The van der Waals surface area contributed by atoms with Gasteiger partial charge in [-0.2, -0.15) is 0 Å². The van der Waals surface area contributed by atoms with Crippen molar-refractivity contribution in [2.75, 3.05) is 30.4 Å². The predicted octanol–water partition coefficient (Wildman–Crippen LogP) is 3.04. The Labute approximate surface area is 148 Å². The molecular formula is C19H24N4O2. The lowest BCUT2D eigenvalue weighted by Gasteiger charge is -2.40. The van der Waals surface area contributed by atoms with Crippen LogP contribution in [0.4, 0.5) is 11.5 Å². The molecule has 132 valence electrons. The number of aromatic nitrogens is 2. The van der Waals surface area contributed by atoms with E-state index in [-0.39, 0.29) is 5.91 Å². The van der Waals surface area contributed by atoms with Gasteiger partial charge in [0.2, 0.25) is 5.91 Å². The van der Waals surface area contributed by atoms with E-state index >= 15 is 0 Å². The minimum absolute atomic E-state index is 0.00692. The molecule has 1 atom stereocenters. The van der Waals surface area contributed by atoms with Crippen LogP contribution in [0.5, 0.6) is 5.75 Å². The van der Waals surface area contributed by atoms with E-state index in [0.717, 1.165) is 30.9 Å². The molecule has 1 aliphatic rings. The Hall–Kier alpha value is -2.63. The largest absolute Gasteiger partial charge is 0.495 e. The number of anilines is 2. The molecule has 1 amide bonds. The first-order valence-corrected chi connectivity index (χ1v) is 8.50. The maximum Gasteiger partial charge on any atom is 0.232 e. The number of nitrogens with one attached hydrogen (secondary N) is 1. The van der Waals surface area contributed by atoms with Gasteiger partial charge in [0.05, 0.1) is 18.2 Å². The van der Waals surface area contributed by atoms with Crippen molar-refractivity contribution in [1.82, 2.24) is 9.97 Å². The molecule has 1 aromatic carbocycles. The third-order valence-corrected chi connectivity index (χ3v) is 4.71. The predicted molar refractivity (Wildman–Crippen MR) is 97.9 cm³/mol. The van der Waals surface area contributed by atoms with Gasteiger partial charge >= 0.3 is 0 Å². The summed E-state index contributed by atoms with van der Waals surface area (Å²) >= 11 is 0. The van der Waals surface area contributed by atoms with Gasteiger partial charge in [-0.3, -0.25) is 4.79 Å². The molecule has 0 aliphatic carbocycles. The molecule has 1 unspecified atom stereocenters. The average Bonchev–Trinajstić information content (AvgIpc) is 2.62. The van der Waals surface area contributed by atoms with Crippen molar-refractivity contribution in [3.63, 3.8) is 0 Å². The number of carbonyl (C=O) groups is 1. The monoisotopic (exact) mass is 340 g/mol. The molecule has 1 fully saturated rings. The van der Waals surface area contributed by atoms with E-state index in [1.807, 2.05) is 44.2 Å². The van der Waals surface area contributed by atoms with Gasteiger partial charge in [-0.25, -0.2) is 9.97 Å². The van der Waals surface area contributed by atoms with Gasteiger partial charge in [0.15, 0.2) is 0 Å². The number of rotatable bonds is 4. The first kappa shape index (κ1) is 17.2. The highest BCUT2D eigenvalue weighted by Gasteiger charge is 2.38. The molecular weight excluding hydrogens is 316 g/mol. The van der Waals surface area contributed by atoms with Crippen LogP contribution in [0.1, 0.15) is 25.5 Å². The standard InChI is InChI=1S/C19H24N4O2/c1-14-11-17(21-13-20-14)23-10-6-9-19(2,12-23)18(24)22-15-7-4-5-8-16(15)25-3/h4-5,7-8,11,13H,6,9-10,12H2,1-3H3,(H,22,24). The fourth-order valence-corrected chi connectivity index (χ4v) is 3.25. The van der Waals surface area contributed by atoms with E-state index in [4.69, 9.17) is 4.74 Å². The van der Waals surface area contributed by atoms with E-state index < -0.39 is 5.41 Å². The highest BCUT2D eigenvalue weighted by Crippen LogP contribution is 2.34. The lowest BCUT2D eigenvalue weighted by molar-refractivity contribution is -0.125. The van der Waals surface area contributed by atoms with E-state index in [0.29, 0.717) is 18.0 Å². The molecule has 1 N–H and O–H groups in total. The third-order valence-electron chi connectivity index (χ3n) is 4.71. The number of aryl methyl sites for hydroxylation is 1. The lowest BCUT2D eigenvalue weighted by Crippen LogP contribution is -2.48. The SMILES string of the molecule is COc1ccccc1NC(=O)C1(C)CCCN(c2cc(C)ncn2)C1. The van der Waals surface area contributed by atoms with Crippen LogP contribution in [0.25, 0.3) is 0 Å². The molecule has 0 saturated carbocycles. The first-order valence-electron chi connectivity index (χ1n) is 8.50. The number of amides is 1. The molecule has 3 rings (SSSR count). The van der Waals surface area contributed by atoms with Gasteiger partial charge in [-0.15, -0.1) is 0 Å². The molecule has 1 aliphatic heterocycles. The number of benzene rings is 1. The van der Waals surface area contributed by atoms with Crippen LogP contribution in [0.15, 0.2) is 36.7 Å². The molecule has 0 spiro atoms. The number of methoxy groups -OCH3 is 1. The molecule has 25 heavy (non-hydrogen) atoms. The molecule has 0 bridgehead atoms. The van der Waals surface area contributed by atoms with Crippen molar-refractivity contribution in [3.05, 3.63) is 42.4 Å². The third kappa shape index (κ3) is 3.73. The van der Waals surface area contributed by atoms with E-state index in [9.17, 15) is 4.79 Å². The van der Waals surface area contributed by atoms with Gasteiger partial charge < -0.3 is 15.0 Å². The summed E-state index contributed by atoms with van der Waals surface area (Å²) in [5.41, 5.74) is 1.14. The second-order valence-corrected chi connectivity index (χ2v) is 6.76. The minimum atomic E-state index is -0.488. The number of hydrogen-bond acceptors (Lipinski definition) is 5. The average molecular weight is 340 g/mol. The zero-order valence-corrected chi connectivity index (χ0v) is 15.0. The van der Waals surface area contributed by atoms with Crippen LogP contribution in [-0.4, -0.2) is 36.1 Å². The number of nitrogens with zero attached hydrogens (tertiary/aromatic N) is 3. The molecule has 0 radical (unpaired) electrons. The van der Waals surface area contributed by atoms with Crippen molar-refractivity contribution < 1.29 is 9.53 Å². The van der Waals surface area contributed by atoms with Gasteiger partial charge in [0.1, 0.15) is 17.9 Å². The summed E-state index contributed by atoms with van der Waals surface area (Å²) in [4.78, 5) is 23.7. The summed E-state index contributed by atoms with van der Waals surface area (Å²) in [6, 6.07) is 9.43. The summed E-state index contributed by atoms with van der Waals surface area (Å²) in [5, 5.41) is 3.03. The second kappa shape index (κ2) is 7.09. The smallest absolute Gasteiger partial charge is 0.232 e. The van der Waals surface area contributed by atoms with Crippen molar-refractivity contribution in [2.45, 2.75) is 26.7 Å². The fourth-order valence-electron chi connectivity index (χ4n) is 3.25. The quantitative estimate of drug-likeness (QED) is 0.926. The van der Waals surface area contributed by atoms with Crippen LogP contribution < -0.4 is 15.0 Å². The van der Waals surface area contributed by atoms with E-state index in [2.05, 4.69) is 20.2 Å². The minimum Gasteiger partial charge on any atom is -0.495 e. The highest BCUT2D eigenvalue weighted by atomic mass is 16.5. The molecule has 1 aromatic heterocycles. The zero-order chi connectivity index (χ0) is 17.9. The number of hydrogen-bond donors (Lipinski definition) is 1. The Balaban J connectivity index is 1.77. The van der Waals surface area contributed by atoms with Gasteiger partial charge in [0.25, 0.3) is 0 Å². The van der Waals surface area contributed by atoms with E-state index in [1.165, 1.54) is 0 Å². The summed E-state index contributed by atoms with van der Waals surface area (Å²) in [6.07, 6.45) is 3.36. The first-order chi connectivity index (χ1) is 12.0. The Morgan fingerprint density at radius 2 is 2.12 bits per heavy atom. The van der Waals surface area contributed by atoms with Gasteiger partial charge in [0, 0.05) is 24.8 Å². The molecule has 6 heteroatoms. The highest BCUT2D eigenvalue weighted by molar-refractivity contribution is 5.96. The maximum atomic E-state index is 13.0. The van der Waals surface area contributed by atoms with Crippen molar-refractivity contribution >= 4 is 17.4 Å². The van der Waals surface area contributed by atoms with Gasteiger partial charge in [-0.05, 0) is 38.8 Å². The van der Waals surface area contributed by atoms with Crippen molar-refractivity contribution in [2.24, 2.45) is 5.41 Å². The van der Waals surface area contributed by atoms with Crippen LogP contribution in [0.2, 0.25) is 0 Å². The summed E-state index contributed by atoms with van der Waals surface area (Å²) in [5.74, 6) is 1.55. The second-order valence-electron chi connectivity index (χ2n) is 6.76. The topological polar surface area (TPSA) is 67.3 Å². The number of piperidine rings is 1. The van der Waals surface area contributed by atoms with Crippen LogP contribution >= 0.6 is 0 Å². The number of ether oxygens (including phenoxy) is 1. The molecule has 2 aromatic rings. The summed E-state index contributed by atoms with van der Waals surface area (Å²) in [7, 11) is 1.60. The fraction of sp³-hybridized carbons (Fsp3) is 0.421. The van der Waals surface area contributed by atoms with Gasteiger partial charge in [-0.1, -0.05) is 12.1 Å². The maximum absolute atomic E-state index is 13.0. The summed E-state index contributed by atoms with van der Waals surface area (Å²) in [6.45, 7) is 5.49. The molecule has 6 nitrogen and oxygen atoms in total. The Bertz CT molecular complexity index is 765. The Kier molecular flexibility index (Phi) is 4.88. The Morgan fingerprint density at radius 1 is 1.32 bits per heavy atom. The van der Waals surface area contributed by atoms with E-state index in [1.54, 1.807) is 13.4 Å². The lowest BCUT2D eigenvalue weighted by atomic mass is 9.81. The number of carbonyl (C=O) groups excluding carboxylic acids is 1. The molecule has 1 saturated heterocycles. The van der Waals surface area contributed by atoms with Crippen LogP contribution in [0.3, 0.4) is 0 Å².